The zero-order valence-electron chi connectivity index (χ0n) is 8.88. The lowest BCUT2D eigenvalue weighted by Gasteiger charge is -2.27. The third kappa shape index (κ3) is 2.33. The van der Waals surface area contributed by atoms with Gasteiger partial charge in [0.05, 0.1) is 12.2 Å². The highest BCUT2D eigenvalue weighted by molar-refractivity contribution is 6.71. The molecule has 0 radical (unpaired) electrons. The normalized spacial score (nSPS) is 38.5. The predicted molar refractivity (Wildman–Crippen MR) is 55.3 cm³/mol. The van der Waals surface area contributed by atoms with Crippen molar-refractivity contribution in [3.8, 4) is 0 Å². The Morgan fingerprint density at radius 1 is 1.31 bits per heavy atom. The highest BCUT2D eigenvalue weighted by atomic mass is 28.4. The largest absolute Gasteiger partial charge is 0.420 e. The van der Waals surface area contributed by atoms with Gasteiger partial charge in [-0.2, -0.15) is 0 Å². The third-order valence-electron chi connectivity index (χ3n) is 3.45. The van der Waals surface area contributed by atoms with Crippen molar-refractivity contribution in [1.29, 1.82) is 0 Å². The minimum atomic E-state index is -1.33. The van der Waals surface area contributed by atoms with Crippen LogP contribution in [0.25, 0.3) is 0 Å². The number of ether oxygens (including phenoxy) is 1. The first-order chi connectivity index (χ1) is 6.11. The van der Waals surface area contributed by atoms with E-state index >= 15 is 0 Å². The van der Waals surface area contributed by atoms with E-state index in [1.54, 1.807) is 0 Å². The first kappa shape index (κ1) is 9.68. The Labute approximate surface area is 81.7 Å². The van der Waals surface area contributed by atoms with E-state index in [9.17, 15) is 0 Å². The summed E-state index contributed by atoms with van der Waals surface area (Å²) < 4.78 is 11.1. The Kier molecular flexibility index (Phi) is 2.51. The summed E-state index contributed by atoms with van der Waals surface area (Å²) in [6.45, 7) is 4.62. The summed E-state index contributed by atoms with van der Waals surface area (Å²) in [5.74, 6) is 0.880. The predicted octanol–water partition coefficient (Wildman–Crippen LogP) is 2.41. The molecule has 0 amide bonds. The van der Waals surface area contributed by atoms with Gasteiger partial charge in [0.25, 0.3) is 0 Å². The highest BCUT2D eigenvalue weighted by Gasteiger charge is 2.44. The third-order valence-corrected chi connectivity index (χ3v) is 6.11. The van der Waals surface area contributed by atoms with Crippen molar-refractivity contribution in [3.05, 3.63) is 0 Å². The SMILES string of the molecule is CO[Si](C)(C)CC1CCC2OC2C1. The molecule has 1 saturated heterocycles. The summed E-state index contributed by atoms with van der Waals surface area (Å²) in [4.78, 5) is 0. The molecule has 0 aromatic rings. The topological polar surface area (TPSA) is 21.8 Å². The average molecular weight is 200 g/mol. The van der Waals surface area contributed by atoms with Crippen LogP contribution in [-0.2, 0) is 9.16 Å². The van der Waals surface area contributed by atoms with E-state index in [1.807, 2.05) is 7.11 Å². The summed E-state index contributed by atoms with van der Waals surface area (Å²) in [5.41, 5.74) is 0. The molecule has 3 heteroatoms. The quantitative estimate of drug-likeness (QED) is 0.515. The molecule has 1 aliphatic carbocycles. The molecule has 1 saturated carbocycles. The number of epoxide rings is 1. The first-order valence-electron chi connectivity index (χ1n) is 5.31. The molecule has 13 heavy (non-hydrogen) atoms. The smallest absolute Gasteiger partial charge is 0.186 e. The second kappa shape index (κ2) is 3.37. The Hall–Kier alpha value is 0.137. The number of rotatable bonds is 3. The van der Waals surface area contributed by atoms with Crippen LogP contribution in [0.3, 0.4) is 0 Å². The number of fused-ring (bicyclic) bond motifs is 1. The Morgan fingerprint density at radius 3 is 2.69 bits per heavy atom. The summed E-state index contributed by atoms with van der Waals surface area (Å²) in [7, 11) is 0.535. The van der Waals surface area contributed by atoms with Crippen LogP contribution >= 0.6 is 0 Å². The fourth-order valence-corrected chi connectivity index (χ4v) is 4.38. The monoisotopic (exact) mass is 200 g/mol. The van der Waals surface area contributed by atoms with Crippen LogP contribution < -0.4 is 0 Å². The van der Waals surface area contributed by atoms with E-state index in [2.05, 4.69) is 13.1 Å². The zero-order chi connectivity index (χ0) is 9.47. The van der Waals surface area contributed by atoms with Gasteiger partial charge in [-0.25, -0.2) is 0 Å². The number of hydrogen-bond acceptors (Lipinski definition) is 2. The maximum atomic E-state index is 5.59. The van der Waals surface area contributed by atoms with Crippen molar-refractivity contribution in [2.75, 3.05) is 7.11 Å². The van der Waals surface area contributed by atoms with E-state index in [-0.39, 0.29) is 0 Å². The second-order valence-electron chi connectivity index (χ2n) is 5.06. The minimum absolute atomic E-state index is 0.625. The highest BCUT2D eigenvalue weighted by Crippen LogP contribution is 2.42. The molecule has 0 bridgehead atoms. The molecule has 1 aliphatic heterocycles. The van der Waals surface area contributed by atoms with Gasteiger partial charge < -0.3 is 9.16 Å². The molecule has 3 unspecified atom stereocenters. The van der Waals surface area contributed by atoms with Crippen LogP contribution in [0.4, 0.5) is 0 Å². The molecule has 2 fully saturated rings. The van der Waals surface area contributed by atoms with Gasteiger partial charge in [0.2, 0.25) is 0 Å². The fourth-order valence-electron chi connectivity index (χ4n) is 2.45. The van der Waals surface area contributed by atoms with Crippen LogP contribution in [0.2, 0.25) is 19.1 Å². The Balaban J connectivity index is 1.81. The number of hydrogen-bond donors (Lipinski definition) is 0. The summed E-state index contributed by atoms with van der Waals surface area (Å²) in [6.07, 6.45) is 5.22. The maximum Gasteiger partial charge on any atom is 0.186 e. The van der Waals surface area contributed by atoms with Crippen LogP contribution in [-0.4, -0.2) is 27.6 Å². The minimum Gasteiger partial charge on any atom is -0.420 e. The van der Waals surface area contributed by atoms with Crippen molar-refractivity contribution in [2.45, 2.75) is 50.6 Å². The van der Waals surface area contributed by atoms with Crippen molar-refractivity contribution in [2.24, 2.45) is 5.92 Å². The van der Waals surface area contributed by atoms with Crippen LogP contribution in [0.15, 0.2) is 0 Å². The Morgan fingerprint density at radius 2 is 2.08 bits per heavy atom. The molecule has 2 nitrogen and oxygen atoms in total. The van der Waals surface area contributed by atoms with Crippen molar-refractivity contribution in [1.82, 2.24) is 0 Å². The molecule has 0 aromatic carbocycles. The van der Waals surface area contributed by atoms with Gasteiger partial charge in [-0.15, -0.1) is 0 Å². The van der Waals surface area contributed by atoms with Crippen LogP contribution in [0.5, 0.6) is 0 Å². The molecule has 0 spiro atoms. The van der Waals surface area contributed by atoms with Crippen LogP contribution in [0.1, 0.15) is 19.3 Å². The van der Waals surface area contributed by atoms with Crippen LogP contribution in [0, 0.1) is 5.92 Å². The lowest BCUT2D eigenvalue weighted by atomic mass is 9.91. The van der Waals surface area contributed by atoms with Crippen molar-refractivity contribution < 1.29 is 9.16 Å². The summed E-state index contributed by atoms with van der Waals surface area (Å²) >= 11 is 0. The van der Waals surface area contributed by atoms with Gasteiger partial charge in [0.1, 0.15) is 0 Å². The molecule has 76 valence electrons. The van der Waals surface area contributed by atoms with Crippen molar-refractivity contribution in [3.63, 3.8) is 0 Å². The van der Waals surface area contributed by atoms with Gasteiger partial charge in [-0.1, -0.05) is 0 Å². The lowest BCUT2D eigenvalue weighted by Crippen LogP contribution is -2.32. The molecule has 0 N–H and O–H groups in total. The molecule has 3 atom stereocenters. The van der Waals surface area contributed by atoms with Gasteiger partial charge in [0, 0.05) is 7.11 Å². The van der Waals surface area contributed by atoms with E-state index in [0.29, 0.717) is 12.2 Å². The zero-order valence-corrected chi connectivity index (χ0v) is 9.88. The first-order valence-corrected chi connectivity index (χ1v) is 8.43. The van der Waals surface area contributed by atoms with Crippen molar-refractivity contribution >= 4 is 8.32 Å². The van der Waals surface area contributed by atoms with Gasteiger partial charge in [0.15, 0.2) is 8.32 Å². The van der Waals surface area contributed by atoms with E-state index in [4.69, 9.17) is 9.16 Å². The summed E-state index contributed by atoms with van der Waals surface area (Å²) in [6, 6.07) is 1.32. The van der Waals surface area contributed by atoms with Gasteiger partial charge in [-0.05, 0) is 44.3 Å². The summed E-state index contributed by atoms with van der Waals surface area (Å²) in [5, 5.41) is 0. The second-order valence-corrected chi connectivity index (χ2v) is 9.40. The molecule has 1 heterocycles. The lowest BCUT2D eigenvalue weighted by molar-refractivity contribution is 0.354. The van der Waals surface area contributed by atoms with E-state index in [1.165, 1.54) is 25.3 Å². The van der Waals surface area contributed by atoms with E-state index in [0.717, 1.165) is 5.92 Å². The maximum absolute atomic E-state index is 5.59. The molecule has 0 aromatic heterocycles. The molecular formula is C10H20O2Si. The van der Waals surface area contributed by atoms with Gasteiger partial charge in [-0.3, -0.25) is 0 Å². The van der Waals surface area contributed by atoms with Gasteiger partial charge >= 0.3 is 0 Å². The Bertz CT molecular complexity index is 193. The average Bonchev–Trinajstić information content (AvgIpc) is 2.81. The standard InChI is InChI=1S/C10H20O2Si/c1-11-13(2,3)7-8-4-5-9-10(6-8)12-9/h8-10H,4-7H2,1-3H3. The molecular weight excluding hydrogens is 180 g/mol. The molecule has 2 rings (SSSR count). The van der Waals surface area contributed by atoms with E-state index < -0.39 is 8.32 Å². The molecule has 2 aliphatic rings. The fraction of sp³-hybridized carbons (Fsp3) is 1.00.